The maximum absolute atomic E-state index is 12.4. The summed E-state index contributed by atoms with van der Waals surface area (Å²) in [5.74, 6) is 2.22. The van der Waals surface area contributed by atoms with Crippen molar-refractivity contribution in [1.29, 1.82) is 0 Å². The molecule has 0 atom stereocenters. The molecule has 3 heterocycles. The van der Waals surface area contributed by atoms with Gasteiger partial charge in [0.15, 0.2) is 0 Å². The van der Waals surface area contributed by atoms with Crippen molar-refractivity contribution in [3.05, 3.63) is 39.8 Å². The monoisotopic (exact) mass is 356 g/mol. The zero-order valence-corrected chi connectivity index (χ0v) is 14.8. The molecule has 4 rings (SSSR count). The molecule has 0 aliphatic carbocycles. The summed E-state index contributed by atoms with van der Waals surface area (Å²) in [6.45, 7) is 3.74. The lowest BCUT2D eigenvalue weighted by Crippen LogP contribution is -2.10. The Morgan fingerprint density at radius 2 is 2.08 bits per heavy atom. The fourth-order valence-electron chi connectivity index (χ4n) is 3.18. The first kappa shape index (κ1) is 15.8. The summed E-state index contributed by atoms with van der Waals surface area (Å²) < 4.78 is 10.8. The van der Waals surface area contributed by atoms with Gasteiger partial charge in [0.1, 0.15) is 23.0 Å². The molecule has 128 valence electrons. The zero-order chi connectivity index (χ0) is 17.7. The molecule has 4 aromatic rings. The van der Waals surface area contributed by atoms with Crippen LogP contribution < -0.4 is 10.3 Å². The number of fused-ring (bicyclic) bond motifs is 3. The van der Waals surface area contributed by atoms with Gasteiger partial charge in [0.2, 0.25) is 0 Å². The number of hydrogen-bond acceptors (Lipinski definition) is 6. The standard InChI is InChI=1S/C17H16N4O3S/c1-7-14(8(2)24-21-7)10-4-11-9(5-12(10)23-3)15-16(18-11)19-13(6-25)20-17(15)22/h4-5,25H,6H2,1-3H3,(H2,18,19,20,22). The van der Waals surface area contributed by atoms with E-state index in [1.165, 1.54) is 0 Å². The Bertz CT molecular complexity index is 1150. The van der Waals surface area contributed by atoms with Crippen molar-refractivity contribution in [1.82, 2.24) is 20.1 Å². The SMILES string of the molecule is COc1cc2c(cc1-c1c(C)noc1C)[nH]c1nc(CS)[nH]c(=O)c12. The van der Waals surface area contributed by atoms with Crippen molar-refractivity contribution in [2.45, 2.75) is 19.6 Å². The number of methoxy groups -OCH3 is 1. The molecule has 0 spiro atoms. The number of ether oxygens (including phenoxy) is 1. The molecule has 0 fully saturated rings. The van der Waals surface area contributed by atoms with Crippen LogP contribution >= 0.6 is 12.6 Å². The van der Waals surface area contributed by atoms with Crippen LogP contribution in [0.15, 0.2) is 21.5 Å². The highest BCUT2D eigenvalue weighted by atomic mass is 32.1. The van der Waals surface area contributed by atoms with E-state index < -0.39 is 0 Å². The van der Waals surface area contributed by atoms with Crippen molar-refractivity contribution in [3.63, 3.8) is 0 Å². The normalized spacial score (nSPS) is 11.5. The first-order valence-corrected chi connectivity index (χ1v) is 8.33. The summed E-state index contributed by atoms with van der Waals surface area (Å²) in [4.78, 5) is 22.8. The van der Waals surface area contributed by atoms with Gasteiger partial charge in [-0.05, 0) is 26.0 Å². The molecule has 0 amide bonds. The van der Waals surface area contributed by atoms with Gasteiger partial charge in [-0.3, -0.25) is 4.79 Å². The minimum absolute atomic E-state index is 0.201. The van der Waals surface area contributed by atoms with Crippen LogP contribution in [0.1, 0.15) is 17.3 Å². The van der Waals surface area contributed by atoms with Crippen LogP contribution in [0, 0.1) is 13.8 Å². The van der Waals surface area contributed by atoms with Crippen molar-refractivity contribution in [3.8, 4) is 16.9 Å². The van der Waals surface area contributed by atoms with Gasteiger partial charge in [0.05, 0.1) is 23.8 Å². The Morgan fingerprint density at radius 1 is 1.28 bits per heavy atom. The molecule has 25 heavy (non-hydrogen) atoms. The van der Waals surface area contributed by atoms with Crippen LogP contribution in [-0.2, 0) is 5.75 Å². The molecule has 0 aliphatic heterocycles. The fraction of sp³-hybridized carbons (Fsp3) is 0.235. The highest BCUT2D eigenvalue weighted by Crippen LogP contribution is 2.38. The maximum Gasteiger partial charge on any atom is 0.261 e. The zero-order valence-electron chi connectivity index (χ0n) is 13.9. The number of rotatable bonds is 3. The maximum atomic E-state index is 12.4. The van der Waals surface area contributed by atoms with Gasteiger partial charge in [-0.1, -0.05) is 5.16 Å². The summed E-state index contributed by atoms with van der Waals surface area (Å²) in [7, 11) is 1.60. The summed E-state index contributed by atoms with van der Waals surface area (Å²) in [6, 6.07) is 3.77. The molecule has 0 bridgehead atoms. The first-order valence-electron chi connectivity index (χ1n) is 7.70. The summed E-state index contributed by atoms with van der Waals surface area (Å²) in [5, 5.41) is 5.27. The Labute approximate surface area is 147 Å². The molecule has 0 radical (unpaired) electrons. The molecule has 1 aromatic carbocycles. The molecule has 0 unspecified atom stereocenters. The predicted molar refractivity (Wildman–Crippen MR) is 98.4 cm³/mol. The Balaban J connectivity index is 2.09. The topological polar surface area (TPSA) is 96.8 Å². The van der Waals surface area contributed by atoms with Gasteiger partial charge in [0, 0.05) is 22.2 Å². The average Bonchev–Trinajstić information content (AvgIpc) is 3.12. The van der Waals surface area contributed by atoms with Crippen molar-refractivity contribution >= 4 is 34.6 Å². The van der Waals surface area contributed by atoms with E-state index in [0.717, 1.165) is 27.7 Å². The van der Waals surface area contributed by atoms with Crippen LogP contribution in [0.4, 0.5) is 0 Å². The van der Waals surface area contributed by atoms with Gasteiger partial charge >= 0.3 is 0 Å². The van der Waals surface area contributed by atoms with Crippen molar-refractivity contribution < 1.29 is 9.26 Å². The second-order valence-electron chi connectivity index (χ2n) is 5.82. The summed E-state index contributed by atoms with van der Waals surface area (Å²) in [5.41, 5.74) is 3.63. The predicted octanol–water partition coefficient (Wildman–Crippen LogP) is 3.11. The minimum atomic E-state index is -0.201. The smallest absolute Gasteiger partial charge is 0.261 e. The number of aryl methyl sites for hydroxylation is 2. The van der Waals surface area contributed by atoms with Crippen molar-refractivity contribution in [2.75, 3.05) is 7.11 Å². The summed E-state index contributed by atoms with van der Waals surface area (Å²) in [6.07, 6.45) is 0. The molecular weight excluding hydrogens is 340 g/mol. The second-order valence-corrected chi connectivity index (χ2v) is 6.13. The average molecular weight is 356 g/mol. The van der Waals surface area contributed by atoms with Gasteiger partial charge in [0.25, 0.3) is 5.56 Å². The van der Waals surface area contributed by atoms with Crippen LogP contribution in [0.3, 0.4) is 0 Å². The number of nitrogens with one attached hydrogen (secondary N) is 2. The van der Waals surface area contributed by atoms with E-state index >= 15 is 0 Å². The molecular formula is C17H16N4O3S. The largest absolute Gasteiger partial charge is 0.496 e. The van der Waals surface area contributed by atoms with Gasteiger partial charge in [-0.2, -0.15) is 12.6 Å². The molecule has 0 saturated heterocycles. The molecule has 8 heteroatoms. The Hall–Kier alpha value is -2.74. The number of aromatic amines is 2. The van der Waals surface area contributed by atoms with Crippen LogP contribution in [-0.4, -0.2) is 27.2 Å². The fourth-order valence-corrected chi connectivity index (χ4v) is 3.33. The molecule has 0 saturated carbocycles. The molecule has 3 aromatic heterocycles. The molecule has 0 aliphatic rings. The quantitative estimate of drug-likeness (QED) is 0.490. The van der Waals surface area contributed by atoms with Crippen LogP contribution in [0.25, 0.3) is 33.1 Å². The van der Waals surface area contributed by atoms with Crippen LogP contribution in [0.5, 0.6) is 5.75 Å². The minimum Gasteiger partial charge on any atom is -0.496 e. The number of benzene rings is 1. The highest BCUT2D eigenvalue weighted by Gasteiger charge is 2.19. The highest BCUT2D eigenvalue weighted by molar-refractivity contribution is 7.79. The Morgan fingerprint density at radius 3 is 2.72 bits per heavy atom. The van der Waals surface area contributed by atoms with E-state index in [1.54, 1.807) is 7.11 Å². The van der Waals surface area contributed by atoms with E-state index in [1.807, 2.05) is 26.0 Å². The second kappa shape index (κ2) is 5.66. The van der Waals surface area contributed by atoms with E-state index in [-0.39, 0.29) is 5.56 Å². The van der Waals surface area contributed by atoms with Gasteiger partial charge in [-0.15, -0.1) is 0 Å². The van der Waals surface area contributed by atoms with Gasteiger partial charge < -0.3 is 19.2 Å². The number of aromatic nitrogens is 4. The Kier molecular flexibility index (Phi) is 3.57. The van der Waals surface area contributed by atoms with Crippen LogP contribution in [0.2, 0.25) is 0 Å². The molecule has 2 N–H and O–H groups in total. The number of hydrogen-bond donors (Lipinski definition) is 3. The number of thiol groups is 1. The summed E-state index contributed by atoms with van der Waals surface area (Å²) >= 11 is 4.17. The lowest BCUT2D eigenvalue weighted by molar-refractivity contribution is 0.393. The lowest BCUT2D eigenvalue weighted by Gasteiger charge is -2.08. The molecule has 7 nitrogen and oxygen atoms in total. The third-order valence-electron chi connectivity index (χ3n) is 4.28. The van der Waals surface area contributed by atoms with E-state index in [2.05, 4.69) is 32.7 Å². The third-order valence-corrected chi connectivity index (χ3v) is 4.58. The van der Waals surface area contributed by atoms with E-state index in [0.29, 0.717) is 34.1 Å². The third kappa shape index (κ3) is 2.32. The van der Waals surface area contributed by atoms with Gasteiger partial charge in [-0.25, -0.2) is 4.98 Å². The number of nitrogens with zero attached hydrogens (tertiary/aromatic N) is 2. The van der Waals surface area contributed by atoms with E-state index in [4.69, 9.17) is 9.26 Å². The van der Waals surface area contributed by atoms with Crippen molar-refractivity contribution in [2.24, 2.45) is 0 Å². The number of H-pyrrole nitrogens is 2. The van der Waals surface area contributed by atoms with E-state index in [9.17, 15) is 4.79 Å². The lowest BCUT2D eigenvalue weighted by atomic mass is 10.0. The first-order chi connectivity index (χ1) is 12.0.